The highest BCUT2D eigenvalue weighted by Crippen LogP contribution is 2.48. The van der Waals surface area contributed by atoms with Crippen LogP contribution in [0.5, 0.6) is 5.75 Å². The topological polar surface area (TPSA) is 52.4 Å². The summed E-state index contributed by atoms with van der Waals surface area (Å²) in [7, 11) is 1.54. The first-order valence-corrected chi connectivity index (χ1v) is 13.7. The number of carbonyl (C=O) groups excluding carboxylic acids is 1. The summed E-state index contributed by atoms with van der Waals surface area (Å²) in [6, 6.07) is 20.4. The second-order valence-electron chi connectivity index (χ2n) is 11.3. The van der Waals surface area contributed by atoms with Crippen LogP contribution in [0.15, 0.2) is 60.7 Å². The van der Waals surface area contributed by atoms with Crippen molar-refractivity contribution in [2.75, 3.05) is 62.7 Å². The summed E-state index contributed by atoms with van der Waals surface area (Å²) in [4.78, 5) is 23.9. The first-order valence-electron chi connectivity index (χ1n) is 13.7. The van der Waals surface area contributed by atoms with Crippen molar-refractivity contribution in [3.05, 3.63) is 77.6 Å². The van der Waals surface area contributed by atoms with Gasteiger partial charge in [-0.05, 0) is 66.9 Å². The second kappa shape index (κ2) is 10.0. The normalized spacial score (nSPS) is 19.0. The van der Waals surface area contributed by atoms with E-state index in [1.807, 2.05) is 26.0 Å². The number of rotatable bonds is 6. The molecule has 0 radical (unpaired) electrons. The molecule has 0 saturated carbocycles. The highest BCUT2D eigenvalue weighted by atomic mass is 16.5. The number of fused-ring (bicyclic) bond motifs is 1. The highest BCUT2D eigenvalue weighted by molar-refractivity contribution is 6.13. The third-order valence-corrected chi connectivity index (χ3v) is 8.44. The minimum absolute atomic E-state index is 0.00997. The molecule has 7 nitrogen and oxygen atoms in total. The van der Waals surface area contributed by atoms with Gasteiger partial charge in [-0.3, -0.25) is 9.69 Å². The van der Waals surface area contributed by atoms with Crippen LogP contribution >= 0.6 is 0 Å². The Morgan fingerprint density at radius 3 is 2.36 bits per heavy atom. The van der Waals surface area contributed by atoms with E-state index in [2.05, 4.69) is 56.4 Å². The molecule has 0 aliphatic carbocycles. The fraction of sp³-hybridized carbons (Fsp3) is 0.375. The Kier molecular flexibility index (Phi) is 6.54. The molecule has 3 heterocycles. The van der Waals surface area contributed by atoms with Crippen molar-refractivity contribution in [3.63, 3.8) is 0 Å². The van der Waals surface area contributed by atoms with Gasteiger partial charge in [-0.15, -0.1) is 0 Å². The summed E-state index contributed by atoms with van der Waals surface area (Å²) in [5.41, 5.74) is 5.86. The largest absolute Gasteiger partial charge is 0.508 e. The van der Waals surface area contributed by atoms with E-state index in [1.165, 1.54) is 12.2 Å². The summed E-state index contributed by atoms with van der Waals surface area (Å²) in [5, 5.41) is 3.43. The molecule has 0 atom stereocenters. The molecule has 3 aromatic rings. The maximum atomic E-state index is 13.6. The summed E-state index contributed by atoms with van der Waals surface area (Å²) in [6.07, 6.45) is 0. The molecule has 2 fully saturated rings. The van der Waals surface area contributed by atoms with E-state index in [-0.39, 0.29) is 5.91 Å². The minimum Gasteiger partial charge on any atom is -0.508 e. The summed E-state index contributed by atoms with van der Waals surface area (Å²) < 4.78 is 5.41. The van der Waals surface area contributed by atoms with Gasteiger partial charge in [0.25, 0.3) is 0 Å². The third kappa shape index (κ3) is 4.54. The molecule has 0 aromatic heterocycles. The molecule has 0 bridgehead atoms. The van der Waals surface area contributed by atoms with E-state index in [0.717, 1.165) is 67.6 Å². The van der Waals surface area contributed by atoms with Gasteiger partial charge in [0.05, 0.1) is 24.8 Å². The highest BCUT2D eigenvalue weighted by Gasteiger charge is 2.44. The summed E-state index contributed by atoms with van der Waals surface area (Å²) in [6.45, 7) is 19.3. The molecular weight excluding hydrogens is 486 g/mol. The lowest BCUT2D eigenvalue weighted by Crippen LogP contribution is -2.54. The van der Waals surface area contributed by atoms with Crippen LogP contribution in [0, 0.1) is 12.5 Å². The molecule has 3 aromatic carbocycles. The fourth-order valence-electron chi connectivity index (χ4n) is 6.09. The van der Waals surface area contributed by atoms with Crippen LogP contribution in [0.25, 0.3) is 16.0 Å². The van der Waals surface area contributed by atoms with Crippen molar-refractivity contribution >= 4 is 28.7 Å². The van der Waals surface area contributed by atoms with Crippen molar-refractivity contribution in [3.8, 4) is 16.9 Å². The molecule has 3 aliphatic heterocycles. The molecule has 39 heavy (non-hydrogen) atoms. The monoisotopic (exact) mass is 521 g/mol. The molecule has 0 spiro atoms. The number of carbonyl (C=O) groups is 1. The van der Waals surface area contributed by atoms with Crippen LogP contribution in [-0.2, 0) is 10.2 Å². The van der Waals surface area contributed by atoms with Gasteiger partial charge < -0.3 is 19.9 Å². The third-order valence-electron chi connectivity index (χ3n) is 8.44. The van der Waals surface area contributed by atoms with E-state index < -0.39 is 5.41 Å². The Morgan fingerprint density at radius 2 is 1.67 bits per heavy atom. The first-order chi connectivity index (χ1) is 18.9. The smallest absolute Gasteiger partial charge is 0.241 e. The van der Waals surface area contributed by atoms with E-state index in [0.29, 0.717) is 17.1 Å². The number of nitrogens with zero attached hydrogens (tertiary/aromatic N) is 4. The van der Waals surface area contributed by atoms with Crippen LogP contribution < -0.4 is 19.9 Å². The summed E-state index contributed by atoms with van der Waals surface area (Å²) >= 11 is 0. The standard InChI is InChI=1S/C32H35N5O2/c1-32(2)27-17-24(7-12-29(27)37(31(32)38)26-10-11-28(33-3)30(18-26)39-4)23-5-8-25(9-6-23)36-20-22(21-36)19-35-15-13-34-14-16-35/h5-12,17-18,22,34H,13-16,19-21H2,1-2,4H3. The number of nitrogens with one attached hydrogen (secondary N) is 1. The molecule has 6 rings (SSSR count). The van der Waals surface area contributed by atoms with Crippen LogP contribution in [0.1, 0.15) is 19.4 Å². The zero-order valence-electron chi connectivity index (χ0n) is 22.9. The van der Waals surface area contributed by atoms with E-state index in [1.54, 1.807) is 24.1 Å². The van der Waals surface area contributed by atoms with Crippen LogP contribution in [0.4, 0.5) is 22.7 Å². The minimum atomic E-state index is -0.673. The van der Waals surface area contributed by atoms with E-state index >= 15 is 0 Å². The number of hydrogen-bond acceptors (Lipinski definition) is 5. The summed E-state index contributed by atoms with van der Waals surface area (Å²) in [5.74, 6) is 1.23. The quantitative estimate of drug-likeness (QED) is 0.452. The van der Waals surface area contributed by atoms with Crippen molar-refractivity contribution in [1.29, 1.82) is 0 Å². The van der Waals surface area contributed by atoms with Gasteiger partial charge in [-0.1, -0.05) is 24.3 Å². The average Bonchev–Trinajstić information content (AvgIpc) is 3.15. The number of hydrogen-bond donors (Lipinski definition) is 1. The van der Waals surface area contributed by atoms with Crippen molar-refractivity contribution < 1.29 is 9.53 Å². The maximum Gasteiger partial charge on any atom is 0.241 e. The van der Waals surface area contributed by atoms with Crippen LogP contribution in [0.3, 0.4) is 0 Å². The van der Waals surface area contributed by atoms with Gasteiger partial charge in [0, 0.05) is 63.1 Å². The number of amides is 1. The lowest BCUT2D eigenvalue weighted by molar-refractivity contribution is -0.121. The molecule has 1 N–H and O–H groups in total. The zero-order chi connectivity index (χ0) is 27.1. The van der Waals surface area contributed by atoms with Gasteiger partial charge in [-0.2, -0.15) is 0 Å². The molecule has 7 heteroatoms. The number of piperazine rings is 1. The zero-order valence-corrected chi connectivity index (χ0v) is 22.9. The van der Waals surface area contributed by atoms with Gasteiger partial charge in [0.15, 0.2) is 0 Å². The lowest BCUT2D eigenvalue weighted by atomic mass is 9.84. The maximum absolute atomic E-state index is 13.6. The predicted molar refractivity (Wildman–Crippen MR) is 156 cm³/mol. The Labute approximate surface area is 230 Å². The van der Waals surface area contributed by atoms with Gasteiger partial charge in [0.2, 0.25) is 11.6 Å². The molecular formula is C32H35N5O2. The van der Waals surface area contributed by atoms with E-state index in [4.69, 9.17) is 11.3 Å². The van der Waals surface area contributed by atoms with Crippen molar-refractivity contribution in [1.82, 2.24) is 10.2 Å². The van der Waals surface area contributed by atoms with Gasteiger partial charge in [0.1, 0.15) is 5.75 Å². The average molecular weight is 522 g/mol. The number of benzene rings is 3. The van der Waals surface area contributed by atoms with Gasteiger partial charge >= 0.3 is 0 Å². The van der Waals surface area contributed by atoms with Crippen LogP contribution in [0.2, 0.25) is 0 Å². The van der Waals surface area contributed by atoms with Gasteiger partial charge in [-0.25, -0.2) is 4.85 Å². The number of anilines is 3. The predicted octanol–water partition coefficient (Wildman–Crippen LogP) is 5.21. The molecule has 0 unspecified atom stereocenters. The Balaban J connectivity index is 1.20. The van der Waals surface area contributed by atoms with Crippen LogP contribution in [-0.4, -0.2) is 63.7 Å². The number of ether oxygens (including phenoxy) is 1. The van der Waals surface area contributed by atoms with Crippen molar-refractivity contribution in [2.45, 2.75) is 19.3 Å². The van der Waals surface area contributed by atoms with Crippen molar-refractivity contribution in [2.24, 2.45) is 5.92 Å². The fourth-order valence-corrected chi connectivity index (χ4v) is 6.09. The molecule has 3 aliphatic rings. The Morgan fingerprint density at radius 1 is 0.974 bits per heavy atom. The Hall–Kier alpha value is -3.86. The SMILES string of the molecule is [C-]#[N+]c1ccc(N2C(=O)C(C)(C)c3cc(-c4ccc(N5CC(CN6CCNCC6)C5)cc4)ccc32)cc1OC. The van der Waals surface area contributed by atoms with E-state index in [9.17, 15) is 4.79 Å². The second-order valence-corrected chi connectivity index (χ2v) is 11.3. The Bertz CT molecular complexity index is 1430. The molecule has 2 saturated heterocycles. The molecule has 1 amide bonds. The lowest BCUT2D eigenvalue weighted by Gasteiger charge is -2.44. The first kappa shape index (κ1) is 25.4. The molecule has 200 valence electrons. The number of methoxy groups -OCH3 is 1.